The van der Waals surface area contributed by atoms with Crippen LogP contribution in [-0.4, -0.2) is 31.7 Å². The predicted molar refractivity (Wildman–Crippen MR) is 73.2 cm³/mol. The lowest BCUT2D eigenvalue weighted by atomic mass is 10.2. The van der Waals surface area contributed by atoms with Crippen molar-refractivity contribution in [1.82, 2.24) is 4.90 Å². The molecule has 0 aliphatic heterocycles. The van der Waals surface area contributed by atoms with Crippen LogP contribution in [-0.2, 0) is 11.3 Å². The van der Waals surface area contributed by atoms with Crippen molar-refractivity contribution in [3.63, 3.8) is 0 Å². The summed E-state index contributed by atoms with van der Waals surface area (Å²) in [7, 11) is 1.66. The Labute approximate surface area is 113 Å². The molecule has 2 N–H and O–H groups in total. The summed E-state index contributed by atoms with van der Waals surface area (Å²) < 4.78 is 5.06. The lowest BCUT2D eigenvalue weighted by molar-refractivity contribution is 0.145. The molecule has 5 heteroatoms. The van der Waals surface area contributed by atoms with Crippen LogP contribution < -0.4 is 5.73 Å². The average molecular weight is 268 g/mol. The summed E-state index contributed by atoms with van der Waals surface area (Å²) in [5, 5.41) is 9.35. The fraction of sp³-hybridized carbons (Fsp3) is 0.462. The van der Waals surface area contributed by atoms with Crippen molar-refractivity contribution < 1.29 is 4.74 Å². The second kappa shape index (κ2) is 7.93. The maximum Gasteiger partial charge on any atom is 0.0635 e. The monoisotopic (exact) mass is 267 g/mol. The van der Waals surface area contributed by atoms with Crippen LogP contribution in [0.2, 0.25) is 5.02 Å². The number of nitriles is 1. The molecule has 1 rings (SSSR count). The van der Waals surface area contributed by atoms with Crippen LogP contribution in [0.1, 0.15) is 12.0 Å². The van der Waals surface area contributed by atoms with E-state index in [9.17, 15) is 0 Å². The molecule has 0 unspecified atom stereocenters. The van der Waals surface area contributed by atoms with Gasteiger partial charge in [0.05, 0.1) is 12.7 Å². The number of methoxy groups -OCH3 is 1. The number of anilines is 1. The largest absolute Gasteiger partial charge is 0.399 e. The number of halogens is 1. The Balaban J connectivity index is 2.68. The molecule has 0 atom stereocenters. The summed E-state index contributed by atoms with van der Waals surface area (Å²) in [4.78, 5) is 2.13. The van der Waals surface area contributed by atoms with Crippen molar-refractivity contribution in [2.75, 3.05) is 32.5 Å². The summed E-state index contributed by atoms with van der Waals surface area (Å²) in [6, 6.07) is 7.59. The Morgan fingerprint density at radius 1 is 1.44 bits per heavy atom. The van der Waals surface area contributed by atoms with Gasteiger partial charge in [0.1, 0.15) is 0 Å². The van der Waals surface area contributed by atoms with Crippen molar-refractivity contribution in [2.45, 2.75) is 13.0 Å². The van der Waals surface area contributed by atoms with Gasteiger partial charge in [0.25, 0.3) is 0 Å². The molecule has 0 saturated heterocycles. The Morgan fingerprint density at radius 2 is 2.22 bits per heavy atom. The van der Waals surface area contributed by atoms with Gasteiger partial charge in [-0.2, -0.15) is 5.26 Å². The first-order chi connectivity index (χ1) is 8.67. The van der Waals surface area contributed by atoms with Gasteiger partial charge in [-0.15, -0.1) is 0 Å². The quantitative estimate of drug-likeness (QED) is 0.770. The highest BCUT2D eigenvalue weighted by Crippen LogP contribution is 2.20. The average Bonchev–Trinajstić information content (AvgIpc) is 2.37. The molecule has 0 amide bonds. The summed E-state index contributed by atoms with van der Waals surface area (Å²) >= 11 is 6.13. The summed E-state index contributed by atoms with van der Waals surface area (Å²) in [6.45, 7) is 2.77. The van der Waals surface area contributed by atoms with Gasteiger partial charge in [-0.05, 0) is 23.8 Å². The molecular formula is C13H18ClN3O. The highest BCUT2D eigenvalue weighted by molar-refractivity contribution is 6.31. The zero-order valence-corrected chi connectivity index (χ0v) is 11.3. The minimum atomic E-state index is 0.490. The molecule has 0 heterocycles. The van der Waals surface area contributed by atoms with Crippen LogP contribution in [0, 0.1) is 11.3 Å². The number of nitrogens with two attached hydrogens (primary N) is 1. The SMILES string of the molecule is COCCN(CCC#N)Cc1cc(N)ccc1Cl. The molecule has 0 spiro atoms. The van der Waals surface area contributed by atoms with E-state index in [-0.39, 0.29) is 0 Å². The molecule has 4 nitrogen and oxygen atoms in total. The van der Waals surface area contributed by atoms with Crippen LogP contribution in [0.4, 0.5) is 5.69 Å². The van der Waals surface area contributed by atoms with Crippen LogP contribution >= 0.6 is 11.6 Å². The van der Waals surface area contributed by atoms with E-state index in [4.69, 9.17) is 27.3 Å². The van der Waals surface area contributed by atoms with Gasteiger partial charge in [0, 0.05) is 43.9 Å². The number of benzene rings is 1. The lowest BCUT2D eigenvalue weighted by Crippen LogP contribution is -2.28. The minimum absolute atomic E-state index is 0.490. The summed E-state index contributed by atoms with van der Waals surface area (Å²) in [6.07, 6.45) is 0.490. The number of rotatable bonds is 7. The normalized spacial score (nSPS) is 10.6. The minimum Gasteiger partial charge on any atom is -0.399 e. The molecule has 0 aliphatic carbocycles. The first kappa shape index (κ1) is 14.8. The predicted octanol–water partition coefficient (Wildman–Crippen LogP) is 2.28. The highest BCUT2D eigenvalue weighted by atomic mass is 35.5. The molecule has 98 valence electrons. The lowest BCUT2D eigenvalue weighted by Gasteiger charge is -2.21. The van der Waals surface area contributed by atoms with E-state index in [1.165, 1.54) is 0 Å². The van der Waals surface area contributed by atoms with Gasteiger partial charge in [0.2, 0.25) is 0 Å². The third kappa shape index (κ3) is 4.92. The van der Waals surface area contributed by atoms with Crippen molar-refractivity contribution >= 4 is 17.3 Å². The fourth-order valence-corrected chi connectivity index (χ4v) is 1.83. The van der Waals surface area contributed by atoms with E-state index in [0.717, 1.165) is 12.1 Å². The standard InChI is InChI=1S/C13H18ClN3O/c1-18-8-7-17(6-2-5-15)10-11-9-12(16)3-4-13(11)14/h3-4,9H,2,6-8,10,16H2,1H3. The van der Waals surface area contributed by atoms with Crippen LogP contribution in [0.25, 0.3) is 0 Å². The van der Waals surface area contributed by atoms with E-state index in [2.05, 4.69) is 11.0 Å². The molecule has 18 heavy (non-hydrogen) atoms. The Kier molecular flexibility index (Phi) is 6.51. The van der Waals surface area contributed by atoms with Gasteiger partial charge in [-0.25, -0.2) is 0 Å². The number of nitrogen functional groups attached to an aromatic ring is 1. The van der Waals surface area contributed by atoms with Gasteiger partial charge in [0.15, 0.2) is 0 Å². The Bertz CT molecular complexity index is 417. The van der Waals surface area contributed by atoms with E-state index >= 15 is 0 Å². The smallest absolute Gasteiger partial charge is 0.0635 e. The molecule has 0 aliphatic rings. The van der Waals surface area contributed by atoms with E-state index in [1.54, 1.807) is 19.2 Å². The number of ether oxygens (including phenoxy) is 1. The van der Waals surface area contributed by atoms with E-state index < -0.39 is 0 Å². The number of nitrogens with zero attached hydrogens (tertiary/aromatic N) is 2. The number of hydrogen-bond donors (Lipinski definition) is 1. The molecule has 0 bridgehead atoms. The molecule has 1 aromatic carbocycles. The van der Waals surface area contributed by atoms with Gasteiger partial charge < -0.3 is 10.5 Å². The molecule has 0 radical (unpaired) electrons. The third-order valence-electron chi connectivity index (χ3n) is 2.62. The second-order valence-corrected chi connectivity index (χ2v) is 4.44. The molecule has 0 aromatic heterocycles. The van der Waals surface area contributed by atoms with E-state index in [0.29, 0.717) is 36.8 Å². The van der Waals surface area contributed by atoms with Crippen molar-refractivity contribution in [2.24, 2.45) is 0 Å². The maximum absolute atomic E-state index is 8.65. The van der Waals surface area contributed by atoms with E-state index in [1.807, 2.05) is 6.07 Å². The first-order valence-corrected chi connectivity index (χ1v) is 6.17. The number of hydrogen-bond acceptors (Lipinski definition) is 4. The van der Waals surface area contributed by atoms with Gasteiger partial charge >= 0.3 is 0 Å². The summed E-state index contributed by atoms with van der Waals surface area (Å²) in [5.74, 6) is 0. The van der Waals surface area contributed by atoms with Crippen molar-refractivity contribution in [1.29, 1.82) is 5.26 Å². The van der Waals surface area contributed by atoms with Crippen LogP contribution in [0.15, 0.2) is 18.2 Å². The maximum atomic E-state index is 8.65. The molecule has 1 aromatic rings. The zero-order chi connectivity index (χ0) is 13.4. The van der Waals surface area contributed by atoms with Gasteiger partial charge in [-0.3, -0.25) is 4.90 Å². The zero-order valence-electron chi connectivity index (χ0n) is 10.5. The molecular weight excluding hydrogens is 250 g/mol. The molecule has 0 fully saturated rings. The highest BCUT2D eigenvalue weighted by Gasteiger charge is 2.08. The second-order valence-electron chi connectivity index (χ2n) is 4.03. The fourth-order valence-electron chi connectivity index (χ4n) is 1.66. The topological polar surface area (TPSA) is 62.3 Å². The summed E-state index contributed by atoms with van der Waals surface area (Å²) in [5.41, 5.74) is 7.42. The third-order valence-corrected chi connectivity index (χ3v) is 2.98. The Morgan fingerprint density at radius 3 is 2.89 bits per heavy atom. The van der Waals surface area contributed by atoms with Crippen molar-refractivity contribution in [3.8, 4) is 6.07 Å². The van der Waals surface area contributed by atoms with Crippen molar-refractivity contribution in [3.05, 3.63) is 28.8 Å². The van der Waals surface area contributed by atoms with Crippen LogP contribution in [0.5, 0.6) is 0 Å². The Hall–Kier alpha value is -1.28. The first-order valence-electron chi connectivity index (χ1n) is 5.79. The van der Waals surface area contributed by atoms with Gasteiger partial charge in [-0.1, -0.05) is 11.6 Å². The van der Waals surface area contributed by atoms with Crippen LogP contribution in [0.3, 0.4) is 0 Å². The molecule has 0 saturated carbocycles.